The van der Waals surface area contributed by atoms with E-state index in [0.717, 1.165) is 5.56 Å². The van der Waals surface area contributed by atoms with E-state index in [2.05, 4.69) is 5.32 Å². The zero-order valence-corrected chi connectivity index (χ0v) is 12.4. The van der Waals surface area contributed by atoms with Gasteiger partial charge in [-0.15, -0.1) is 0 Å². The van der Waals surface area contributed by atoms with Crippen molar-refractivity contribution in [2.75, 3.05) is 5.32 Å². The molecule has 0 atom stereocenters. The molecule has 0 saturated heterocycles. The van der Waals surface area contributed by atoms with E-state index in [9.17, 15) is 15.2 Å². The first-order valence-electron chi connectivity index (χ1n) is 6.36. The molecule has 6 heteroatoms. The van der Waals surface area contributed by atoms with Gasteiger partial charge in [-0.2, -0.15) is 0 Å². The molecule has 5 nitrogen and oxygen atoms in total. The summed E-state index contributed by atoms with van der Waals surface area (Å²) >= 11 is 6.03. The van der Waals surface area contributed by atoms with Gasteiger partial charge in [-0.25, -0.2) is 0 Å². The topological polar surface area (TPSA) is 75.4 Å². The van der Waals surface area contributed by atoms with Crippen LogP contribution in [0.25, 0.3) is 0 Å². The monoisotopic (exact) mass is 306 g/mol. The number of aryl methyl sites for hydroxylation is 2. The van der Waals surface area contributed by atoms with Crippen LogP contribution < -0.4 is 5.32 Å². The van der Waals surface area contributed by atoms with Crippen molar-refractivity contribution >= 4 is 23.0 Å². The molecule has 0 amide bonds. The number of nitrogens with one attached hydrogen (secondary N) is 1. The summed E-state index contributed by atoms with van der Waals surface area (Å²) in [6.07, 6.45) is 0. The second-order valence-electron chi connectivity index (χ2n) is 4.80. The molecule has 2 rings (SSSR count). The smallest absolute Gasteiger partial charge is 0.274 e. The Morgan fingerprint density at radius 2 is 2.00 bits per heavy atom. The standard InChI is InChI=1S/C15H15ClN2O3/c1-9-6-10(2)14(18(20)21)7-13(9)17-8-11-12(16)4-3-5-15(11)19/h3-7,17,19H,8H2,1-2H3. The molecule has 0 saturated carbocycles. The first kappa shape index (κ1) is 15.1. The van der Waals surface area contributed by atoms with Crippen molar-refractivity contribution < 1.29 is 10.0 Å². The number of benzene rings is 2. The van der Waals surface area contributed by atoms with E-state index in [4.69, 9.17) is 11.6 Å². The van der Waals surface area contributed by atoms with E-state index in [-0.39, 0.29) is 18.0 Å². The number of phenols is 1. The van der Waals surface area contributed by atoms with Crippen LogP contribution in [0.3, 0.4) is 0 Å². The molecule has 0 radical (unpaired) electrons. The second-order valence-corrected chi connectivity index (χ2v) is 5.21. The molecule has 2 N–H and O–H groups in total. The lowest BCUT2D eigenvalue weighted by molar-refractivity contribution is -0.385. The summed E-state index contributed by atoms with van der Waals surface area (Å²) in [5.74, 6) is 0.0919. The molecule has 2 aromatic rings. The number of anilines is 1. The Labute approximate surface area is 127 Å². The summed E-state index contributed by atoms with van der Waals surface area (Å²) in [6, 6.07) is 8.14. The number of rotatable bonds is 4. The molecule has 0 heterocycles. The maximum atomic E-state index is 11.0. The highest BCUT2D eigenvalue weighted by atomic mass is 35.5. The third-order valence-electron chi connectivity index (χ3n) is 3.29. The number of nitro benzene ring substituents is 1. The molecule has 2 aromatic carbocycles. The zero-order valence-electron chi connectivity index (χ0n) is 11.7. The molecular weight excluding hydrogens is 292 g/mol. The Balaban J connectivity index is 2.28. The maximum absolute atomic E-state index is 11.0. The SMILES string of the molecule is Cc1cc(C)c([N+](=O)[O-])cc1NCc1c(O)cccc1Cl. The Hall–Kier alpha value is -2.27. The van der Waals surface area contributed by atoms with Crippen LogP contribution in [0.5, 0.6) is 5.75 Å². The highest BCUT2D eigenvalue weighted by molar-refractivity contribution is 6.31. The minimum atomic E-state index is -0.410. The largest absolute Gasteiger partial charge is 0.508 e. The van der Waals surface area contributed by atoms with Crippen LogP contribution in [0.2, 0.25) is 5.02 Å². The predicted molar refractivity (Wildman–Crippen MR) is 83.0 cm³/mol. The average Bonchev–Trinajstić information content (AvgIpc) is 2.39. The molecule has 21 heavy (non-hydrogen) atoms. The van der Waals surface area contributed by atoms with E-state index < -0.39 is 4.92 Å². The van der Waals surface area contributed by atoms with Crippen molar-refractivity contribution in [2.24, 2.45) is 0 Å². The first-order chi connectivity index (χ1) is 9.90. The normalized spacial score (nSPS) is 10.4. The van der Waals surface area contributed by atoms with Gasteiger partial charge >= 0.3 is 0 Å². The lowest BCUT2D eigenvalue weighted by Crippen LogP contribution is -2.03. The highest BCUT2D eigenvalue weighted by Crippen LogP contribution is 2.29. The molecule has 0 unspecified atom stereocenters. The quantitative estimate of drug-likeness (QED) is 0.656. The van der Waals surface area contributed by atoms with Crippen molar-refractivity contribution in [2.45, 2.75) is 20.4 Å². The molecule has 0 aromatic heterocycles. The van der Waals surface area contributed by atoms with Crippen LogP contribution in [0.15, 0.2) is 30.3 Å². The van der Waals surface area contributed by atoms with Gasteiger partial charge in [0.1, 0.15) is 5.75 Å². The van der Waals surface area contributed by atoms with Crippen molar-refractivity contribution in [3.8, 4) is 5.75 Å². The van der Waals surface area contributed by atoms with Crippen molar-refractivity contribution in [1.29, 1.82) is 0 Å². The third-order valence-corrected chi connectivity index (χ3v) is 3.64. The fourth-order valence-electron chi connectivity index (χ4n) is 2.13. The van der Waals surface area contributed by atoms with E-state index in [0.29, 0.717) is 21.8 Å². The van der Waals surface area contributed by atoms with Gasteiger partial charge < -0.3 is 10.4 Å². The van der Waals surface area contributed by atoms with Gasteiger partial charge in [-0.05, 0) is 37.6 Å². The Morgan fingerprint density at radius 1 is 1.29 bits per heavy atom. The number of nitro groups is 1. The molecule has 0 bridgehead atoms. The second kappa shape index (κ2) is 6.01. The third kappa shape index (κ3) is 3.25. The summed E-state index contributed by atoms with van der Waals surface area (Å²) in [5, 5.41) is 24.3. The Kier molecular flexibility index (Phi) is 4.33. The summed E-state index contributed by atoms with van der Waals surface area (Å²) in [6.45, 7) is 3.85. The minimum absolute atomic E-state index is 0.0616. The van der Waals surface area contributed by atoms with Crippen molar-refractivity contribution in [3.05, 3.63) is 62.2 Å². The van der Waals surface area contributed by atoms with Crippen LogP contribution in [0.1, 0.15) is 16.7 Å². The van der Waals surface area contributed by atoms with Crippen LogP contribution >= 0.6 is 11.6 Å². The van der Waals surface area contributed by atoms with E-state index in [1.807, 2.05) is 6.92 Å². The van der Waals surface area contributed by atoms with Gasteiger partial charge in [0.2, 0.25) is 0 Å². The number of phenolic OH excluding ortho intramolecular Hbond substituents is 1. The fraction of sp³-hybridized carbons (Fsp3) is 0.200. The summed E-state index contributed by atoms with van der Waals surface area (Å²) in [7, 11) is 0. The summed E-state index contributed by atoms with van der Waals surface area (Å²) in [4.78, 5) is 10.6. The lowest BCUT2D eigenvalue weighted by Gasteiger charge is -2.12. The number of aromatic hydroxyl groups is 1. The molecular formula is C15H15ClN2O3. The number of hydrogen-bond acceptors (Lipinski definition) is 4. The van der Waals surface area contributed by atoms with Crippen LogP contribution in [0.4, 0.5) is 11.4 Å². The predicted octanol–water partition coefficient (Wildman–Crippen LogP) is 4.18. The van der Waals surface area contributed by atoms with Gasteiger partial charge in [0, 0.05) is 34.4 Å². The highest BCUT2D eigenvalue weighted by Gasteiger charge is 2.14. The summed E-state index contributed by atoms with van der Waals surface area (Å²) in [5.41, 5.74) is 2.77. The molecule has 0 aliphatic heterocycles. The average molecular weight is 307 g/mol. The first-order valence-corrected chi connectivity index (χ1v) is 6.74. The van der Waals surface area contributed by atoms with Gasteiger partial charge in [-0.3, -0.25) is 10.1 Å². The van der Waals surface area contributed by atoms with Gasteiger partial charge in [-0.1, -0.05) is 17.7 Å². The van der Waals surface area contributed by atoms with E-state index >= 15 is 0 Å². The van der Waals surface area contributed by atoms with Gasteiger partial charge in [0.15, 0.2) is 0 Å². The fourth-order valence-corrected chi connectivity index (χ4v) is 2.37. The molecule has 0 fully saturated rings. The van der Waals surface area contributed by atoms with Crippen LogP contribution in [-0.2, 0) is 6.54 Å². The van der Waals surface area contributed by atoms with Crippen molar-refractivity contribution in [1.82, 2.24) is 0 Å². The molecule has 0 spiro atoms. The minimum Gasteiger partial charge on any atom is -0.508 e. The van der Waals surface area contributed by atoms with Crippen LogP contribution in [-0.4, -0.2) is 10.0 Å². The maximum Gasteiger partial charge on any atom is 0.274 e. The van der Waals surface area contributed by atoms with Crippen LogP contribution in [0, 0.1) is 24.0 Å². The van der Waals surface area contributed by atoms with E-state index in [1.54, 1.807) is 31.2 Å². The lowest BCUT2D eigenvalue weighted by atomic mass is 10.1. The molecule has 110 valence electrons. The number of nitrogens with zero attached hydrogens (tertiary/aromatic N) is 1. The van der Waals surface area contributed by atoms with E-state index in [1.165, 1.54) is 6.07 Å². The van der Waals surface area contributed by atoms with Gasteiger partial charge in [0.05, 0.1) is 4.92 Å². The summed E-state index contributed by atoms with van der Waals surface area (Å²) < 4.78 is 0. The molecule has 0 aliphatic carbocycles. The Morgan fingerprint density at radius 3 is 2.62 bits per heavy atom. The number of halogens is 1. The van der Waals surface area contributed by atoms with Gasteiger partial charge in [0.25, 0.3) is 5.69 Å². The zero-order chi connectivity index (χ0) is 15.6. The number of hydrogen-bond donors (Lipinski definition) is 2. The molecule has 0 aliphatic rings. The van der Waals surface area contributed by atoms with Crippen molar-refractivity contribution in [3.63, 3.8) is 0 Å². The Bertz CT molecular complexity index is 681.